The average molecular weight is 227 g/mol. The van der Waals surface area contributed by atoms with Gasteiger partial charge in [0.25, 0.3) is 11.8 Å². The lowest BCUT2D eigenvalue weighted by molar-refractivity contribution is -0.0495. The van der Waals surface area contributed by atoms with Crippen molar-refractivity contribution in [2.24, 2.45) is 0 Å². The molecule has 0 amide bonds. The molecule has 0 aliphatic rings. The van der Waals surface area contributed by atoms with Gasteiger partial charge < -0.3 is 15.0 Å². The predicted molar refractivity (Wildman–Crippen MR) is 50.8 cm³/mol. The molecule has 0 fully saturated rings. The number of rotatable bonds is 3. The number of ether oxygens (including phenoxy) is 1. The van der Waals surface area contributed by atoms with E-state index in [-0.39, 0.29) is 23.2 Å². The topological polar surface area (TPSA) is 74.2 Å². The van der Waals surface area contributed by atoms with Crippen molar-refractivity contribution in [3.05, 3.63) is 24.3 Å². The molecule has 0 spiro atoms. The lowest BCUT2D eigenvalue weighted by Crippen LogP contribution is -2.03. The number of aromatic nitrogens is 2. The van der Waals surface area contributed by atoms with Crippen molar-refractivity contribution in [3.63, 3.8) is 0 Å². The van der Waals surface area contributed by atoms with Crippen LogP contribution in [0.15, 0.2) is 28.8 Å². The highest BCUT2D eigenvalue weighted by Crippen LogP contribution is 2.29. The summed E-state index contributed by atoms with van der Waals surface area (Å²) in [6.07, 6.45) is 0. The summed E-state index contributed by atoms with van der Waals surface area (Å²) in [6, 6.07) is 6.08. The molecule has 1 aromatic carbocycles. The summed E-state index contributed by atoms with van der Waals surface area (Å²) in [6.45, 7) is -2.92. The Balaban J connectivity index is 2.40. The molecule has 16 heavy (non-hydrogen) atoms. The van der Waals surface area contributed by atoms with E-state index >= 15 is 0 Å². The van der Waals surface area contributed by atoms with Crippen LogP contribution in [0.2, 0.25) is 0 Å². The lowest BCUT2D eigenvalue weighted by atomic mass is 10.2. The summed E-state index contributed by atoms with van der Waals surface area (Å²) in [4.78, 5) is 3.72. The fraction of sp³-hybridized carbons (Fsp3) is 0.111. The van der Waals surface area contributed by atoms with Gasteiger partial charge in [0.05, 0.1) is 5.56 Å². The Labute approximate surface area is 88.8 Å². The van der Waals surface area contributed by atoms with Crippen molar-refractivity contribution in [1.29, 1.82) is 0 Å². The molecule has 0 saturated carbocycles. The van der Waals surface area contributed by atoms with Gasteiger partial charge in [0, 0.05) is 0 Å². The lowest BCUT2D eigenvalue weighted by Gasteiger charge is -2.06. The van der Waals surface area contributed by atoms with Gasteiger partial charge in [-0.3, -0.25) is 0 Å². The number of halogens is 2. The molecule has 2 rings (SSSR count). The molecular weight excluding hydrogens is 220 g/mol. The van der Waals surface area contributed by atoms with E-state index < -0.39 is 6.61 Å². The van der Waals surface area contributed by atoms with Crippen LogP contribution in [0.5, 0.6) is 5.75 Å². The number of benzene rings is 1. The van der Waals surface area contributed by atoms with E-state index in [4.69, 9.17) is 10.3 Å². The third-order valence-electron chi connectivity index (χ3n) is 1.78. The zero-order valence-electron chi connectivity index (χ0n) is 7.93. The van der Waals surface area contributed by atoms with Crippen molar-refractivity contribution in [2.45, 2.75) is 6.61 Å². The van der Waals surface area contributed by atoms with Gasteiger partial charge in [-0.1, -0.05) is 12.1 Å². The van der Waals surface area contributed by atoms with Crippen molar-refractivity contribution in [3.8, 4) is 17.2 Å². The van der Waals surface area contributed by atoms with Gasteiger partial charge in [0.1, 0.15) is 5.75 Å². The maximum absolute atomic E-state index is 12.1. The molecule has 2 aromatic rings. The van der Waals surface area contributed by atoms with Gasteiger partial charge in [0.15, 0.2) is 0 Å². The summed E-state index contributed by atoms with van der Waals surface area (Å²) in [7, 11) is 0. The highest BCUT2D eigenvalue weighted by atomic mass is 19.3. The Kier molecular flexibility index (Phi) is 2.67. The Hall–Kier alpha value is -2.18. The molecular formula is C9H7F2N3O2. The molecule has 0 radical (unpaired) electrons. The quantitative estimate of drug-likeness (QED) is 0.866. The Morgan fingerprint density at radius 1 is 1.31 bits per heavy atom. The number of nitrogen functional groups attached to an aromatic ring is 1. The molecule has 2 N–H and O–H groups in total. The van der Waals surface area contributed by atoms with Crippen LogP contribution in [-0.4, -0.2) is 16.8 Å². The summed E-state index contributed by atoms with van der Waals surface area (Å²) < 4.78 is 33.3. The summed E-state index contributed by atoms with van der Waals surface area (Å²) in [5.41, 5.74) is 5.53. The van der Waals surface area contributed by atoms with Crippen LogP contribution < -0.4 is 10.5 Å². The standard InChI is InChI=1S/C9H7F2N3O2/c10-8(11)15-6-4-2-1-3-5(6)7-13-9(12)14-16-7/h1-4,8H,(H2,12,14). The first-order valence-electron chi connectivity index (χ1n) is 4.30. The minimum atomic E-state index is -2.92. The van der Waals surface area contributed by atoms with Crippen molar-refractivity contribution in [2.75, 3.05) is 5.73 Å². The molecule has 1 heterocycles. The number of nitrogens with two attached hydrogens (primary N) is 1. The smallest absolute Gasteiger partial charge is 0.387 e. The molecule has 1 aromatic heterocycles. The Morgan fingerprint density at radius 3 is 2.69 bits per heavy atom. The Morgan fingerprint density at radius 2 is 2.06 bits per heavy atom. The number of para-hydroxylation sites is 1. The molecule has 84 valence electrons. The van der Waals surface area contributed by atoms with Gasteiger partial charge in [-0.2, -0.15) is 13.8 Å². The minimum absolute atomic E-state index is 0.0359. The van der Waals surface area contributed by atoms with Crippen LogP contribution in [0.3, 0.4) is 0 Å². The zero-order valence-corrected chi connectivity index (χ0v) is 7.93. The first-order valence-corrected chi connectivity index (χ1v) is 4.30. The van der Waals surface area contributed by atoms with E-state index in [1.165, 1.54) is 12.1 Å². The number of hydrogen-bond donors (Lipinski definition) is 1. The molecule has 0 atom stereocenters. The fourth-order valence-electron chi connectivity index (χ4n) is 1.19. The van der Waals surface area contributed by atoms with Crippen LogP contribution in [0.4, 0.5) is 14.7 Å². The van der Waals surface area contributed by atoms with Gasteiger partial charge in [0.2, 0.25) is 0 Å². The monoisotopic (exact) mass is 227 g/mol. The summed E-state index contributed by atoms with van der Waals surface area (Å²) in [5, 5.41) is 3.36. The zero-order chi connectivity index (χ0) is 11.5. The van der Waals surface area contributed by atoms with Gasteiger partial charge in [-0.15, -0.1) is 0 Å². The third-order valence-corrected chi connectivity index (χ3v) is 1.78. The van der Waals surface area contributed by atoms with Crippen LogP contribution in [0, 0.1) is 0 Å². The molecule has 0 saturated heterocycles. The normalized spacial score (nSPS) is 10.7. The van der Waals surface area contributed by atoms with E-state index in [1.54, 1.807) is 12.1 Å². The number of alkyl halides is 2. The highest BCUT2D eigenvalue weighted by Gasteiger charge is 2.15. The highest BCUT2D eigenvalue weighted by molar-refractivity contribution is 5.62. The number of nitrogens with zero attached hydrogens (tertiary/aromatic N) is 2. The molecule has 7 heteroatoms. The second kappa shape index (κ2) is 4.13. The maximum Gasteiger partial charge on any atom is 0.387 e. The van der Waals surface area contributed by atoms with E-state index in [2.05, 4.69) is 14.9 Å². The van der Waals surface area contributed by atoms with Crippen LogP contribution in [0.25, 0.3) is 11.5 Å². The van der Waals surface area contributed by atoms with E-state index in [0.717, 1.165) is 0 Å². The first-order chi connectivity index (χ1) is 7.66. The average Bonchev–Trinajstić information content (AvgIpc) is 2.65. The summed E-state index contributed by atoms with van der Waals surface area (Å²) >= 11 is 0. The van der Waals surface area contributed by atoms with Crippen LogP contribution >= 0.6 is 0 Å². The van der Waals surface area contributed by atoms with E-state index in [9.17, 15) is 8.78 Å². The molecule has 0 bridgehead atoms. The van der Waals surface area contributed by atoms with E-state index in [0.29, 0.717) is 0 Å². The second-order valence-electron chi connectivity index (χ2n) is 2.83. The SMILES string of the molecule is Nc1noc(-c2ccccc2OC(F)F)n1. The molecule has 0 unspecified atom stereocenters. The summed E-state index contributed by atoms with van der Waals surface area (Å²) in [5.74, 6) is -0.0725. The van der Waals surface area contributed by atoms with Crippen molar-refractivity contribution >= 4 is 5.95 Å². The molecule has 0 aliphatic heterocycles. The first kappa shape index (κ1) is 10.3. The van der Waals surface area contributed by atoms with E-state index in [1.807, 2.05) is 0 Å². The van der Waals surface area contributed by atoms with Crippen LogP contribution in [-0.2, 0) is 0 Å². The third kappa shape index (κ3) is 2.08. The predicted octanol–water partition coefficient (Wildman–Crippen LogP) is 1.92. The second-order valence-corrected chi connectivity index (χ2v) is 2.83. The van der Waals surface area contributed by atoms with Gasteiger partial charge in [-0.25, -0.2) is 0 Å². The van der Waals surface area contributed by atoms with Gasteiger partial charge >= 0.3 is 6.61 Å². The van der Waals surface area contributed by atoms with Crippen molar-refractivity contribution < 1.29 is 18.0 Å². The van der Waals surface area contributed by atoms with Gasteiger partial charge in [-0.05, 0) is 17.3 Å². The maximum atomic E-state index is 12.1. The minimum Gasteiger partial charge on any atom is -0.434 e. The molecule has 5 nitrogen and oxygen atoms in total. The number of hydrogen-bond acceptors (Lipinski definition) is 5. The van der Waals surface area contributed by atoms with Crippen molar-refractivity contribution in [1.82, 2.24) is 10.1 Å². The fourth-order valence-corrected chi connectivity index (χ4v) is 1.19. The number of anilines is 1. The largest absolute Gasteiger partial charge is 0.434 e. The molecule has 0 aliphatic carbocycles. The Bertz CT molecular complexity index is 487. The van der Waals surface area contributed by atoms with Crippen LogP contribution in [0.1, 0.15) is 0 Å².